The van der Waals surface area contributed by atoms with Crippen molar-refractivity contribution in [1.29, 1.82) is 0 Å². The van der Waals surface area contributed by atoms with E-state index in [0.717, 1.165) is 22.9 Å². The lowest BCUT2D eigenvalue weighted by Gasteiger charge is -2.17. The summed E-state index contributed by atoms with van der Waals surface area (Å²) in [5.41, 5.74) is 2.21. The van der Waals surface area contributed by atoms with Gasteiger partial charge < -0.3 is 10.1 Å². The maximum absolute atomic E-state index is 13.7. The summed E-state index contributed by atoms with van der Waals surface area (Å²) in [4.78, 5) is 0. The quantitative estimate of drug-likeness (QED) is 0.850. The van der Waals surface area contributed by atoms with E-state index in [1.165, 1.54) is 12.7 Å². The molecule has 2 rings (SSSR count). The van der Waals surface area contributed by atoms with Crippen LogP contribution in [0.5, 0.6) is 5.75 Å². The van der Waals surface area contributed by atoms with Gasteiger partial charge in [0, 0.05) is 10.5 Å². The molecule has 2 aromatic carbocycles. The van der Waals surface area contributed by atoms with Crippen molar-refractivity contribution in [2.75, 3.05) is 14.2 Å². The second kappa shape index (κ2) is 7.57. The van der Waals surface area contributed by atoms with E-state index in [2.05, 4.69) is 33.4 Å². The zero-order chi connectivity index (χ0) is 15.2. The summed E-state index contributed by atoms with van der Waals surface area (Å²) in [6, 6.07) is 13.6. The van der Waals surface area contributed by atoms with E-state index < -0.39 is 0 Å². The summed E-state index contributed by atoms with van der Waals surface area (Å²) >= 11 is 3.48. The maximum Gasteiger partial charge on any atom is 0.165 e. The van der Waals surface area contributed by atoms with Gasteiger partial charge in [-0.05, 0) is 55.3 Å². The van der Waals surface area contributed by atoms with E-state index in [9.17, 15) is 4.39 Å². The molecule has 0 saturated heterocycles. The molecule has 0 radical (unpaired) electrons. The van der Waals surface area contributed by atoms with Crippen LogP contribution in [0.15, 0.2) is 46.9 Å². The van der Waals surface area contributed by atoms with E-state index in [4.69, 9.17) is 4.74 Å². The minimum atomic E-state index is -0.313. The van der Waals surface area contributed by atoms with Crippen LogP contribution in [-0.4, -0.2) is 20.2 Å². The Morgan fingerprint density at radius 3 is 2.43 bits per heavy atom. The fourth-order valence-electron chi connectivity index (χ4n) is 2.35. The predicted octanol–water partition coefficient (Wildman–Crippen LogP) is 3.97. The molecule has 1 N–H and O–H groups in total. The molecule has 0 heterocycles. The molecule has 4 heteroatoms. The topological polar surface area (TPSA) is 21.3 Å². The third kappa shape index (κ3) is 4.55. The van der Waals surface area contributed by atoms with Gasteiger partial charge >= 0.3 is 0 Å². The van der Waals surface area contributed by atoms with Gasteiger partial charge in [0.1, 0.15) is 0 Å². The molecule has 0 bridgehead atoms. The van der Waals surface area contributed by atoms with E-state index >= 15 is 0 Å². The van der Waals surface area contributed by atoms with Gasteiger partial charge in [0.05, 0.1) is 7.11 Å². The van der Waals surface area contributed by atoms with Crippen molar-refractivity contribution in [3.8, 4) is 5.75 Å². The van der Waals surface area contributed by atoms with E-state index in [0.29, 0.717) is 0 Å². The zero-order valence-corrected chi connectivity index (χ0v) is 13.8. The average Bonchev–Trinajstić information content (AvgIpc) is 2.47. The number of ether oxygens (including phenoxy) is 1. The molecule has 112 valence electrons. The second-order valence-corrected chi connectivity index (χ2v) is 5.91. The Morgan fingerprint density at radius 1 is 1.14 bits per heavy atom. The summed E-state index contributed by atoms with van der Waals surface area (Å²) in [6.07, 6.45) is 1.66. The molecule has 0 amide bonds. The van der Waals surface area contributed by atoms with Crippen molar-refractivity contribution < 1.29 is 9.13 Å². The molecule has 1 unspecified atom stereocenters. The number of hydrogen-bond donors (Lipinski definition) is 1. The smallest absolute Gasteiger partial charge is 0.165 e. The molecule has 1 atom stereocenters. The fourth-order valence-corrected chi connectivity index (χ4v) is 2.79. The highest BCUT2D eigenvalue weighted by Gasteiger charge is 2.11. The first-order valence-corrected chi connectivity index (χ1v) is 7.66. The van der Waals surface area contributed by atoms with Gasteiger partial charge in [0.25, 0.3) is 0 Å². The summed E-state index contributed by atoms with van der Waals surface area (Å²) in [6.45, 7) is 0. The first-order chi connectivity index (χ1) is 10.1. The van der Waals surface area contributed by atoms with Crippen molar-refractivity contribution in [2.45, 2.75) is 18.9 Å². The lowest BCUT2D eigenvalue weighted by molar-refractivity contribution is 0.386. The zero-order valence-electron chi connectivity index (χ0n) is 12.2. The number of halogens is 2. The Balaban J connectivity index is 2.07. The summed E-state index contributed by atoms with van der Waals surface area (Å²) < 4.78 is 19.8. The number of nitrogens with one attached hydrogen (secondary N) is 1. The summed E-state index contributed by atoms with van der Waals surface area (Å²) in [5.74, 6) is -0.0287. The van der Waals surface area contributed by atoms with Crippen LogP contribution in [0.25, 0.3) is 0 Å². The van der Waals surface area contributed by atoms with Crippen LogP contribution in [0, 0.1) is 5.82 Å². The highest BCUT2D eigenvalue weighted by atomic mass is 79.9. The highest BCUT2D eigenvalue weighted by Crippen LogP contribution is 2.20. The Bertz CT molecular complexity index is 603. The minimum absolute atomic E-state index is 0.257. The molecule has 0 aliphatic rings. The van der Waals surface area contributed by atoms with Crippen LogP contribution in [0.4, 0.5) is 4.39 Å². The number of hydrogen-bond acceptors (Lipinski definition) is 2. The third-order valence-electron chi connectivity index (χ3n) is 3.48. The molecule has 0 aromatic heterocycles. The number of rotatable bonds is 6. The van der Waals surface area contributed by atoms with Gasteiger partial charge in [-0.1, -0.05) is 34.1 Å². The Morgan fingerprint density at radius 2 is 1.86 bits per heavy atom. The fraction of sp³-hybridized carbons (Fsp3) is 0.294. The van der Waals surface area contributed by atoms with Crippen LogP contribution in [-0.2, 0) is 12.8 Å². The van der Waals surface area contributed by atoms with Crippen molar-refractivity contribution >= 4 is 15.9 Å². The first kappa shape index (κ1) is 16.0. The molecular weight excluding hydrogens is 333 g/mol. The van der Waals surface area contributed by atoms with Crippen LogP contribution in [0.3, 0.4) is 0 Å². The Labute approximate surface area is 133 Å². The van der Waals surface area contributed by atoms with Crippen molar-refractivity contribution in [3.05, 3.63) is 63.9 Å². The molecule has 0 spiro atoms. The van der Waals surface area contributed by atoms with E-state index in [1.54, 1.807) is 12.1 Å². The molecule has 0 aliphatic heterocycles. The lowest BCUT2D eigenvalue weighted by atomic mass is 9.99. The minimum Gasteiger partial charge on any atom is -0.494 e. The third-order valence-corrected chi connectivity index (χ3v) is 3.97. The Hall–Kier alpha value is -1.39. The maximum atomic E-state index is 13.7. The lowest BCUT2D eigenvalue weighted by Crippen LogP contribution is -2.29. The molecule has 2 aromatic rings. The highest BCUT2D eigenvalue weighted by molar-refractivity contribution is 9.10. The van der Waals surface area contributed by atoms with E-state index in [-0.39, 0.29) is 17.6 Å². The van der Waals surface area contributed by atoms with Gasteiger partial charge in [-0.15, -0.1) is 0 Å². The van der Waals surface area contributed by atoms with Crippen molar-refractivity contribution in [1.82, 2.24) is 5.32 Å². The number of likely N-dealkylation sites (N-methyl/N-ethyl adjacent to an activating group) is 1. The monoisotopic (exact) mass is 351 g/mol. The van der Waals surface area contributed by atoms with Gasteiger partial charge in [0.2, 0.25) is 0 Å². The molecular formula is C17H19BrFNO. The largest absolute Gasteiger partial charge is 0.494 e. The molecule has 0 aliphatic carbocycles. The van der Waals surface area contributed by atoms with Crippen LogP contribution < -0.4 is 10.1 Å². The second-order valence-electron chi connectivity index (χ2n) is 4.99. The van der Waals surface area contributed by atoms with Gasteiger partial charge in [-0.3, -0.25) is 0 Å². The number of benzene rings is 2. The van der Waals surface area contributed by atoms with Crippen LogP contribution in [0.2, 0.25) is 0 Å². The SMILES string of the molecule is CNC(Cc1cccc(Br)c1)Cc1ccc(OC)c(F)c1. The molecule has 0 saturated carbocycles. The molecule has 2 nitrogen and oxygen atoms in total. The van der Waals surface area contributed by atoms with Crippen molar-refractivity contribution in [3.63, 3.8) is 0 Å². The first-order valence-electron chi connectivity index (χ1n) is 6.86. The molecule has 21 heavy (non-hydrogen) atoms. The standard InChI is InChI=1S/C17H19BrFNO/c1-20-15(9-12-4-3-5-14(18)8-12)10-13-6-7-17(21-2)16(19)11-13/h3-8,11,15,20H,9-10H2,1-2H3. The predicted molar refractivity (Wildman–Crippen MR) is 87.3 cm³/mol. The average molecular weight is 352 g/mol. The van der Waals surface area contributed by atoms with Gasteiger partial charge in [0.15, 0.2) is 11.6 Å². The summed E-state index contributed by atoms with van der Waals surface area (Å²) in [7, 11) is 3.41. The van der Waals surface area contributed by atoms with Gasteiger partial charge in [-0.25, -0.2) is 4.39 Å². The Kier molecular flexibility index (Phi) is 5.76. The van der Waals surface area contributed by atoms with Gasteiger partial charge in [-0.2, -0.15) is 0 Å². The summed E-state index contributed by atoms with van der Waals surface area (Å²) in [5, 5.41) is 3.30. The van der Waals surface area contributed by atoms with Crippen molar-refractivity contribution in [2.24, 2.45) is 0 Å². The van der Waals surface area contributed by atoms with E-state index in [1.807, 2.05) is 25.2 Å². The molecule has 0 fully saturated rings. The number of methoxy groups -OCH3 is 1. The van der Waals surface area contributed by atoms with Crippen LogP contribution in [0.1, 0.15) is 11.1 Å². The normalized spacial score (nSPS) is 12.2. The van der Waals surface area contributed by atoms with Crippen LogP contribution >= 0.6 is 15.9 Å².